The second kappa shape index (κ2) is 8.08. The summed E-state index contributed by atoms with van der Waals surface area (Å²) in [5, 5.41) is 4.91. The molecule has 0 fully saturated rings. The molecule has 0 aliphatic rings. The van der Waals surface area contributed by atoms with Gasteiger partial charge in [0.25, 0.3) is 5.91 Å². The van der Waals surface area contributed by atoms with Gasteiger partial charge in [-0.3, -0.25) is 15.4 Å². The predicted molar refractivity (Wildman–Crippen MR) is 71.4 cm³/mol. The van der Waals surface area contributed by atoms with Crippen molar-refractivity contribution in [3.8, 4) is 0 Å². The number of amides is 2. The number of nitrogens with one attached hydrogen (secondary N) is 3. The number of carbonyl (C=O) groups is 2. The third-order valence-electron chi connectivity index (χ3n) is 2.44. The van der Waals surface area contributed by atoms with Gasteiger partial charge in [-0.1, -0.05) is 6.07 Å². The van der Waals surface area contributed by atoms with Crippen molar-refractivity contribution in [3.63, 3.8) is 0 Å². The number of hydrogen-bond acceptors (Lipinski definition) is 5. The summed E-state index contributed by atoms with van der Waals surface area (Å²) in [6.45, 7) is 0.509. The third-order valence-corrected chi connectivity index (χ3v) is 2.44. The first-order chi connectivity index (χ1) is 9.60. The van der Waals surface area contributed by atoms with E-state index in [4.69, 9.17) is 10.6 Å². The van der Waals surface area contributed by atoms with E-state index in [1.165, 1.54) is 25.3 Å². The zero-order chi connectivity index (χ0) is 15.0. The number of carbonyl (C=O) groups excluding carboxylic acids is 2. The molecule has 0 saturated carbocycles. The van der Waals surface area contributed by atoms with E-state index in [-0.39, 0.29) is 23.7 Å². The number of ether oxygens (including phenoxy) is 1. The molecule has 0 aromatic heterocycles. The molecule has 1 rings (SSSR count). The third kappa shape index (κ3) is 4.48. The van der Waals surface area contributed by atoms with Gasteiger partial charge in [-0.15, -0.1) is 0 Å². The van der Waals surface area contributed by atoms with E-state index in [0.717, 1.165) is 0 Å². The molecule has 0 atom stereocenters. The minimum absolute atomic E-state index is 0.0252. The van der Waals surface area contributed by atoms with Crippen molar-refractivity contribution in [1.29, 1.82) is 0 Å². The zero-order valence-corrected chi connectivity index (χ0v) is 11.0. The molecular weight excluding hydrogens is 267 g/mol. The molecule has 0 heterocycles. The average Bonchev–Trinajstić information content (AvgIpc) is 2.44. The first-order valence-electron chi connectivity index (χ1n) is 5.89. The number of nitrogen functional groups attached to an aromatic ring is 1. The molecular formula is C12H17FN4O3. The maximum atomic E-state index is 13.4. The van der Waals surface area contributed by atoms with Gasteiger partial charge in [0.05, 0.1) is 24.4 Å². The Labute approximate surface area is 115 Å². The summed E-state index contributed by atoms with van der Waals surface area (Å²) in [6, 6.07) is 3.95. The van der Waals surface area contributed by atoms with E-state index in [9.17, 15) is 14.0 Å². The molecule has 0 radical (unpaired) electrons. The fourth-order valence-electron chi connectivity index (χ4n) is 1.47. The van der Waals surface area contributed by atoms with Gasteiger partial charge in [0.15, 0.2) is 0 Å². The van der Waals surface area contributed by atoms with Crippen LogP contribution in [0.5, 0.6) is 0 Å². The lowest BCUT2D eigenvalue weighted by molar-refractivity contribution is -0.120. The maximum absolute atomic E-state index is 13.4. The van der Waals surface area contributed by atoms with Crippen LogP contribution in [0.25, 0.3) is 0 Å². The topological polar surface area (TPSA) is 105 Å². The zero-order valence-electron chi connectivity index (χ0n) is 11.0. The minimum atomic E-state index is -0.648. The smallest absolute Gasteiger partial charge is 0.253 e. The highest BCUT2D eigenvalue weighted by Gasteiger charge is 2.14. The van der Waals surface area contributed by atoms with Crippen LogP contribution in [0.15, 0.2) is 18.2 Å². The highest BCUT2D eigenvalue weighted by atomic mass is 19.1. The van der Waals surface area contributed by atoms with Crippen LogP contribution in [0.1, 0.15) is 10.4 Å². The van der Waals surface area contributed by atoms with Crippen molar-refractivity contribution in [3.05, 3.63) is 29.6 Å². The van der Waals surface area contributed by atoms with E-state index in [0.29, 0.717) is 13.2 Å². The maximum Gasteiger partial charge on any atom is 0.253 e. The van der Waals surface area contributed by atoms with Crippen molar-refractivity contribution in [2.75, 3.05) is 32.2 Å². The number of benzene rings is 1. The highest BCUT2D eigenvalue weighted by molar-refractivity contribution is 6.01. The standard InChI is InChI=1S/C12H17FN4O3/c1-20-6-5-15-10(18)7-16-12(19)8-3-2-4-9(13)11(8)17-14/h2-4,17H,5-7,14H2,1H3,(H,15,18)(H,16,19). The Kier molecular flexibility index (Phi) is 6.41. The molecule has 7 nitrogen and oxygen atoms in total. The van der Waals surface area contributed by atoms with Crippen molar-refractivity contribution >= 4 is 17.5 Å². The Morgan fingerprint density at radius 3 is 2.75 bits per heavy atom. The van der Waals surface area contributed by atoms with Gasteiger partial charge in [0.1, 0.15) is 5.82 Å². The largest absolute Gasteiger partial charge is 0.383 e. The number of hydrogen-bond donors (Lipinski definition) is 4. The Bertz CT molecular complexity index is 482. The van der Waals surface area contributed by atoms with Crippen molar-refractivity contribution in [2.24, 2.45) is 5.84 Å². The van der Waals surface area contributed by atoms with Crippen LogP contribution in [-0.2, 0) is 9.53 Å². The molecule has 5 N–H and O–H groups in total. The molecule has 1 aromatic rings. The Balaban J connectivity index is 2.55. The van der Waals surface area contributed by atoms with Crippen LogP contribution in [0.2, 0.25) is 0 Å². The van der Waals surface area contributed by atoms with Crippen LogP contribution in [0.3, 0.4) is 0 Å². The number of hydrazine groups is 1. The van der Waals surface area contributed by atoms with Crippen molar-refractivity contribution < 1.29 is 18.7 Å². The highest BCUT2D eigenvalue weighted by Crippen LogP contribution is 2.18. The van der Waals surface area contributed by atoms with Gasteiger partial charge in [-0.25, -0.2) is 4.39 Å². The molecule has 110 valence electrons. The number of anilines is 1. The molecule has 0 spiro atoms. The monoisotopic (exact) mass is 284 g/mol. The van der Waals surface area contributed by atoms with Gasteiger partial charge in [0.2, 0.25) is 5.91 Å². The van der Waals surface area contributed by atoms with E-state index in [1.807, 2.05) is 0 Å². The Morgan fingerprint density at radius 1 is 1.35 bits per heavy atom. The molecule has 2 amide bonds. The molecule has 0 unspecified atom stereocenters. The normalized spacial score (nSPS) is 9.95. The Morgan fingerprint density at radius 2 is 2.10 bits per heavy atom. The fraction of sp³-hybridized carbons (Fsp3) is 0.333. The average molecular weight is 284 g/mol. The summed E-state index contributed by atoms with van der Waals surface area (Å²) in [5.41, 5.74) is 2.03. The predicted octanol–water partition coefficient (Wildman–Crippen LogP) is -0.396. The van der Waals surface area contributed by atoms with Crippen LogP contribution >= 0.6 is 0 Å². The summed E-state index contributed by atoms with van der Waals surface area (Å²) >= 11 is 0. The van der Waals surface area contributed by atoms with Gasteiger partial charge in [-0.2, -0.15) is 0 Å². The lowest BCUT2D eigenvalue weighted by Gasteiger charge is -2.10. The lowest BCUT2D eigenvalue weighted by Crippen LogP contribution is -2.38. The quantitative estimate of drug-likeness (QED) is 0.310. The second-order valence-corrected chi connectivity index (χ2v) is 3.83. The van der Waals surface area contributed by atoms with Crippen LogP contribution in [-0.4, -0.2) is 38.6 Å². The van der Waals surface area contributed by atoms with Crippen molar-refractivity contribution in [1.82, 2.24) is 10.6 Å². The minimum Gasteiger partial charge on any atom is -0.383 e. The van der Waals surface area contributed by atoms with Gasteiger partial charge in [0, 0.05) is 13.7 Å². The van der Waals surface area contributed by atoms with E-state index in [2.05, 4.69) is 16.1 Å². The number of rotatable bonds is 7. The van der Waals surface area contributed by atoms with E-state index in [1.54, 1.807) is 0 Å². The lowest BCUT2D eigenvalue weighted by atomic mass is 10.1. The van der Waals surface area contributed by atoms with Gasteiger partial charge in [-0.05, 0) is 12.1 Å². The first kappa shape index (κ1) is 15.9. The number of para-hydroxylation sites is 1. The molecule has 0 bridgehead atoms. The summed E-state index contributed by atoms with van der Waals surface area (Å²) in [5.74, 6) is 3.55. The van der Waals surface area contributed by atoms with Crippen LogP contribution in [0, 0.1) is 5.82 Å². The molecule has 0 aliphatic carbocycles. The molecule has 0 aliphatic heterocycles. The van der Waals surface area contributed by atoms with E-state index >= 15 is 0 Å². The number of methoxy groups -OCH3 is 1. The molecule has 1 aromatic carbocycles. The summed E-state index contributed by atoms with van der Waals surface area (Å²) in [6.07, 6.45) is 0. The number of nitrogens with two attached hydrogens (primary N) is 1. The van der Waals surface area contributed by atoms with Gasteiger partial charge < -0.3 is 20.8 Å². The van der Waals surface area contributed by atoms with E-state index < -0.39 is 11.7 Å². The van der Waals surface area contributed by atoms with Crippen LogP contribution in [0.4, 0.5) is 10.1 Å². The van der Waals surface area contributed by atoms with Crippen molar-refractivity contribution in [2.45, 2.75) is 0 Å². The van der Waals surface area contributed by atoms with Crippen LogP contribution < -0.4 is 21.9 Å². The Hall–Kier alpha value is -2.19. The molecule has 20 heavy (non-hydrogen) atoms. The first-order valence-corrected chi connectivity index (χ1v) is 5.89. The summed E-state index contributed by atoms with van der Waals surface area (Å²) in [4.78, 5) is 23.2. The molecule has 0 saturated heterocycles. The summed E-state index contributed by atoms with van der Waals surface area (Å²) in [7, 11) is 1.51. The fourth-order valence-corrected chi connectivity index (χ4v) is 1.47. The summed E-state index contributed by atoms with van der Waals surface area (Å²) < 4.78 is 18.2. The molecule has 8 heteroatoms. The number of halogens is 1. The van der Waals surface area contributed by atoms with Gasteiger partial charge >= 0.3 is 0 Å². The second-order valence-electron chi connectivity index (χ2n) is 3.83. The SMILES string of the molecule is COCCNC(=O)CNC(=O)c1cccc(F)c1NN.